The Kier molecular flexibility index (Phi) is 2.07. The van der Waals surface area contributed by atoms with Crippen molar-refractivity contribution >= 4 is 11.8 Å². The summed E-state index contributed by atoms with van der Waals surface area (Å²) in [6.45, 7) is 2.86. The van der Waals surface area contributed by atoms with E-state index >= 15 is 0 Å². The summed E-state index contributed by atoms with van der Waals surface area (Å²) >= 11 is 0. The van der Waals surface area contributed by atoms with E-state index in [1.165, 1.54) is 5.56 Å². The minimum atomic E-state index is -0.472. The van der Waals surface area contributed by atoms with Gasteiger partial charge in [0.05, 0.1) is 0 Å². The van der Waals surface area contributed by atoms with Crippen LogP contribution in [0.3, 0.4) is 0 Å². The van der Waals surface area contributed by atoms with Gasteiger partial charge in [-0.15, -0.1) is 0 Å². The first-order valence-electron chi connectivity index (χ1n) is 4.55. The number of aliphatic hydroxyl groups excluding tert-OH is 1. The van der Waals surface area contributed by atoms with Crippen LogP contribution in [0.4, 0.5) is 5.69 Å². The fraction of sp³-hybridized carbons (Fsp3) is 0.273. The molecule has 2 heteroatoms. The quantitative estimate of drug-likeness (QED) is 0.704. The number of nitrogens with zero attached hydrogens (tertiary/aromatic N) is 1. The summed E-state index contributed by atoms with van der Waals surface area (Å²) < 4.78 is 0. The van der Waals surface area contributed by atoms with Crippen molar-refractivity contribution in [2.75, 3.05) is 11.4 Å². The summed E-state index contributed by atoms with van der Waals surface area (Å²) in [7, 11) is 0. The molecule has 0 radical (unpaired) electrons. The van der Waals surface area contributed by atoms with Gasteiger partial charge >= 0.3 is 0 Å². The van der Waals surface area contributed by atoms with Gasteiger partial charge < -0.3 is 10.0 Å². The SMILES string of the molecule is CCN1c2ccccc2C=CC1O. The number of hydrogen-bond acceptors (Lipinski definition) is 2. The number of likely N-dealkylation sites (N-methyl/N-ethyl adjacent to an activating group) is 1. The van der Waals surface area contributed by atoms with Gasteiger partial charge in [-0.1, -0.05) is 24.3 Å². The summed E-state index contributed by atoms with van der Waals surface area (Å²) in [6.07, 6.45) is 3.30. The third-order valence-electron chi connectivity index (χ3n) is 2.35. The van der Waals surface area contributed by atoms with Crippen LogP contribution in [0.25, 0.3) is 6.08 Å². The van der Waals surface area contributed by atoms with Crippen LogP contribution in [-0.4, -0.2) is 17.9 Å². The van der Waals surface area contributed by atoms with E-state index in [0.717, 1.165) is 12.2 Å². The first kappa shape index (κ1) is 8.32. The molecule has 1 unspecified atom stereocenters. The molecule has 13 heavy (non-hydrogen) atoms. The normalized spacial score (nSPS) is 20.2. The smallest absolute Gasteiger partial charge is 0.146 e. The molecule has 1 atom stereocenters. The molecule has 68 valence electrons. The van der Waals surface area contributed by atoms with Crippen LogP contribution < -0.4 is 4.90 Å². The van der Waals surface area contributed by atoms with Crippen molar-refractivity contribution < 1.29 is 5.11 Å². The summed E-state index contributed by atoms with van der Waals surface area (Å²) in [5, 5.41) is 9.65. The Balaban J connectivity index is 2.47. The molecule has 0 amide bonds. The Morgan fingerprint density at radius 2 is 2.15 bits per heavy atom. The maximum Gasteiger partial charge on any atom is 0.146 e. The van der Waals surface area contributed by atoms with Gasteiger partial charge in [0.1, 0.15) is 6.23 Å². The summed E-state index contributed by atoms with van der Waals surface area (Å²) in [4.78, 5) is 1.97. The largest absolute Gasteiger partial charge is 0.370 e. The Hall–Kier alpha value is -1.28. The maximum atomic E-state index is 9.65. The first-order chi connectivity index (χ1) is 6.33. The zero-order valence-corrected chi connectivity index (χ0v) is 7.64. The van der Waals surface area contributed by atoms with Crippen LogP contribution in [0.2, 0.25) is 0 Å². The van der Waals surface area contributed by atoms with Gasteiger partial charge in [0.2, 0.25) is 0 Å². The van der Waals surface area contributed by atoms with Crippen molar-refractivity contribution in [1.82, 2.24) is 0 Å². The van der Waals surface area contributed by atoms with E-state index in [-0.39, 0.29) is 0 Å². The number of fused-ring (bicyclic) bond motifs is 1. The number of benzene rings is 1. The fourth-order valence-corrected chi connectivity index (χ4v) is 1.68. The van der Waals surface area contributed by atoms with Crippen LogP contribution in [-0.2, 0) is 0 Å². The van der Waals surface area contributed by atoms with Crippen molar-refractivity contribution in [3.63, 3.8) is 0 Å². The third kappa shape index (κ3) is 1.33. The number of aliphatic hydroxyl groups is 1. The van der Waals surface area contributed by atoms with E-state index in [1.807, 2.05) is 42.2 Å². The Morgan fingerprint density at radius 1 is 1.38 bits per heavy atom. The van der Waals surface area contributed by atoms with Crippen molar-refractivity contribution in [1.29, 1.82) is 0 Å². The first-order valence-corrected chi connectivity index (χ1v) is 4.55. The van der Waals surface area contributed by atoms with E-state index < -0.39 is 6.23 Å². The molecule has 0 bridgehead atoms. The van der Waals surface area contributed by atoms with E-state index in [9.17, 15) is 5.11 Å². The highest BCUT2D eigenvalue weighted by Gasteiger charge is 2.17. The van der Waals surface area contributed by atoms with Crippen molar-refractivity contribution in [3.05, 3.63) is 35.9 Å². The van der Waals surface area contributed by atoms with Crippen molar-refractivity contribution in [2.24, 2.45) is 0 Å². The molecular formula is C11H13NO. The Labute approximate surface area is 78.1 Å². The summed E-state index contributed by atoms with van der Waals surface area (Å²) in [5.41, 5.74) is 2.29. The minimum absolute atomic E-state index is 0.472. The van der Waals surface area contributed by atoms with Gasteiger partial charge in [-0.05, 0) is 24.6 Å². The lowest BCUT2D eigenvalue weighted by atomic mass is 10.1. The van der Waals surface area contributed by atoms with Gasteiger partial charge in [0, 0.05) is 12.2 Å². The number of para-hydroxylation sites is 1. The van der Waals surface area contributed by atoms with E-state index in [2.05, 4.69) is 6.07 Å². The van der Waals surface area contributed by atoms with Gasteiger partial charge in [-0.25, -0.2) is 0 Å². The Morgan fingerprint density at radius 3 is 2.92 bits per heavy atom. The molecule has 1 aromatic rings. The highest BCUT2D eigenvalue weighted by Crippen LogP contribution is 2.27. The van der Waals surface area contributed by atoms with Crippen LogP contribution in [0, 0.1) is 0 Å². The molecule has 1 N–H and O–H groups in total. The van der Waals surface area contributed by atoms with E-state index in [4.69, 9.17) is 0 Å². The highest BCUT2D eigenvalue weighted by molar-refractivity contribution is 5.71. The summed E-state index contributed by atoms with van der Waals surface area (Å²) in [6, 6.07) is 8.09. The molecule has 1 heterocycles. The van der Waals surface area contributed by atoms with E-state index in [1.54, 1.807) is 0 Å². The van der Waals surface area contributed by atoms with Crippen LogP contribution in [0.15, 0.2) is 30.3 Å². The lowest BCUT2D eigenvalue weighted by Crippen LogP contribution is -2.35. The monoisotopic (exact) mass is 175 g/mol. The second kappa shape index (κ2) is 3.23. The van der Waals surface area contributed by atoms with Gasteiger partial charge in [-0.2, -0.15) is 0 Å². The van der Waals surface area contributed by atoms with Crippen LogP contribution in [0.1, 0.15) is 12.5 Å². The molecule has 0 aromatic heterocycles. The zero-order valence-electron chi connectivity index (χ0n) is 7.64. The van der Waals surface area contributed by atoms with Crippen molar-refractivity contribution in [3.8, 4) is 0 Å². The topological polar surface area (TPSA) is 23.5 Å². The van der Waals surface area contributed by atoms with Gasteiger partial charge in [0.25, 0.3) is 0 Å². The molecule has 0 aliphatic carbocycles. The molecule has 0 spiro atoms. The lowest BCUT2D eigenvalue weighted by Gasteiger charge is -2.31. The molecule has 0 saturated carbocycles. The molecular weight excluding hydrogens is 162 g/mol. The average Bonchev–Trinajstić information content (AvgIpc) is 2.18. The molecule has 1 aliphatic rings. The highest BCUT2D eigenvalue weighted by atomic mass is 16.3. The number of rotatable bonds is 1. The maximum absolute atomic E-state index is 9.65. The molecule has 1 aromatic carbocycles. The number of anilines is 1. The van der Waals surface area contributed by atoms with Gasteiger partial charge in [-0.3, -0.25) is 0 Å². The van der Waals surface area contributed by atoms with Crippen molar-refractivity contribution in [2.45, 2.75) is 13.2 Å². The van der Waals surface area contributed by atoms with Crippen LogP contribution >= 0.6 is 0 Å². The predicted octanol–water partition coefficient (Wildman–Crippen LogP) is 1.86. The van der Waals surface area contributed by atoms with E-state index in [0.29, 0.717) is 0 Å². The lowest BCUT2D eigenvalue weighted by molar-refractivity contribution is 0.217. The standard InChI is InChI=1S/C11H13NO/c1-2-12-10-6-4-3-5-9(10)7-8-11(12)13/h3-8,11,13H,2H2,1H3. The molecule has 1 aliphatic heterocycles. The van der Waals surface area contributed by atoms with Crippen LogP contribution in [0.5, 0.6) is 0 Å². The third-order valence-corrected chi connectivity index (χ3v) is 2.35. The van der Waals surface area contributed by atoms with Gasteiger partial charge in [0.15, 0.2) is 0 Å². The zero-order chi connectivity index (χ0) is 9.26. The molecule has 2 rings (SSSR count). The predicted molar refractivity (Wildman–Crippen MR) is 54.5 cm³/mol. The summed E-state index contributed by atoms with van der Waals surface area (Å²) in [5.74, 6) is 0. The second-order valence-electron chi connectivity index (χ2n) is 3.12. The number of hydrogen-bond donors (Lipinski definition) is 1. The molecule has 2 nitrogen and oxygen atoms in total. The minimum Gasteiger partial charge on any atom is -0.370 e. The average molecular weight is 175 g/mol. The fourth-order valence-electron chi connectivity index (χ4n) is 1.68. The Bertz CT molecular complexity index is 333. The molecule has 0 fully saturated rings. The second-order valence-corrected chi connectivity index (χ2v) is 3.12. The molecule has 0 saturated heterocycles.